The zero-order valence-electron chi connectivity index (χ0n) is 16.5. The first-order chi connectivity index (χ1) is 13.6. The first-order valence-corrected chi connectivity index (χ1v) is 10.0. The quantitative estimate of drug-likeness (QED) is 0.617. The Hall–Kier alpha value is -2.88. The molecule has 1 N–H and O–H groups in total. The number of hydrogen-bond acceptors (Lipinski definition) is 3. The Morgan fingerprint density at radius 2 is 1.79 bits per heavy atom. The third-order valence-corrected chi connectivity index (χ3v) is 5.59. The monoisotopic (exact) mass is 374 g/mol. The molecule has 0 atom stereocenters. The number of aromatic nitrogens is 1. The molecule has 0 spiro atoms. The summed E-state index contributed by atoms with van der Waals surface area (Å²) in [6, 6.07) is 16.5. The number of pyridine rings is 1. The number of amides is 1. The van der Waals surface area contributed by atoms with Crippen LogP contribution >= 0.6 is 0 Å². The molecule has 1 aliphatic carbocycles. The van der Waals surface area contributed by atoms with E-state index in [0.29, 0.717) is 5.92 Å². The molecule has 144 valence electrons. The molecule has 2 aromatic carbocycles. The number of rotatable bonds is 4. The average molecular weight is 374 g/mol. The lowest BCUT2D eigenvalue weighted by Crippen LogP contribution is -2.05. The third-order valence-electron chi connectivity index (χ3n) is 5.59. The highest BCUT2D eigenvalue weighted by Crippen LogP contribution is 2.35. The van der Waals surface area contributed by atoms with E-state index in [2.05, 4.69) is 29.6 Å². The fourth-order valence-corrected chi connectivity index (χ4v) is 4.15. The highest BCUT2D eigenvalue weighted by Gasteiger charge is 2.16. The Bertz CT molecular complexity index is 989. The molecule has 1 heterocycles. The third kappa shape index (κ3) is 3.86. The molecule has 4 nitrogen and oxygen atoms in total. The standard InChI is InChI=1S/C24H26N2O2/c1-16(27)25-20-12-13-22-21(14-20)24(28-2)15-23(26-22)19-10-8-18(9-11-19)17-6-4-3-5-7-17/h8-15,17H,3-7H2,1-2H3,(H,25,27). The van der Waals surface area contributed by atoms with Crippen molar-refractivity contribution in [3.8, 4) is 17.0 Å². The fraction of sp³-hybridized carbons (Fsp3) is 0.333. The normalized spacial score (nSPS) is 14.8. The average Bonchev–Trinajstić information content (AvgIpc) is 2.73. The highest BCUT2D eigenvalue weighted by molar-refractivity contribution is 5.95. The maximum absolute atomic E-state index is 11.3. The van der Waals surface area contributed by atoms with Crippen molar-refractivity contribution in [1.82, 2.24) is 4.98 Å². The van der Waals surface area contributed by atoms with Crippen molar-refractivity contribution in [1.29, 1.82) is 0 Å². The summed E-state index contributed by atoms with van der Waals surface area (Å²) in [6.45, 7) is 1.50. The second kappa shape index (κ2) is 8.01. The summed E-state index contributed by atoms with van der Waals surface area (Å²) in [4.78, 5) is 16.2. The maximum atomic E-state index is 11.3. The SMILES string of the molecule is COc1cc(-c2ccc(C3CCCCC3)cc2)nc2ccc(NC(C)=O)cc12. The summed E-state index contributed by atoms with van der Waals surface area (Å²) in [6.07, 6.45) is 6.67. The molecule has 1 saturated carbocycles. The van der Waals surface area contributed by atoms with Gasteiger partial charge in [-0.05, 0) is 42.5 Å². The van der Waals surface area contributed by atoms with Crippen LogP contribution in [0.25, 0.3) is 22.2 Å². The predicted octanol–water partition coefficient (Wildman–Crippen LogP) is 5.92. The molecule has 3 aromatic rings. The van der Waals surface area contributed by atoms with E-state index in [1.165, 1.54) is 44.6 Å². The molecule has 1 amide bonds. The van der Waals surface area contributed by atoms with Gasteiger partial charge in [-0.2, -0.15) is 0 Å². The van der Waals surface area contributed by atoms with Gasteiger partial charge in [0.2, 0.25) is 5.91 Å². The van der Waals surface area contributed by atoms with Crippen LogP contribution in [0.2, 0.25) is 0 Å². The molecule has 0 saturated heterocycles. The van der Waals surface area contributed by atoms with E-state index in [1.807, 2.05) is 24.3 Å². The summed E-state index contributed by atoms with van der Waals surface area (Å²) in [5, 5.41) is 3.70. The number of nitrogens with zero attached hydrogens (tertiary/aromatic N) is 1. The van der Waals surface area contributed by atoms with Crippen LogP contribution in [0.5, 0.6) is 5.75 Å². The van der Waals surface area contributed by atoms with E-state index in [1.54, 1.807) is 7.11 Å². The molecular weight excluding hydrogens is 348 g/mol. The first kappa shape index (κ1) is 18.5. The minimum absolute atomic E-state index is 0.0963. The van der Waals surface area contributed by atoms with E-state index in [0.717, 1.165) is 33.6 Å². The molecule has 28 heavy (non-hydrogen) atoms. The van der Waals surface area contributed by atoms with Gasteiger partial charge in [-0.15, -0.1) is 0 Å². The molecule has 4 heteroatoms. The summed E-state index contributed by atoms with van der Waals surface area (Å²) < 4.78 is 5.62. The van der Waals surface area contributed by atoms with E-state index >= 15 is 0 Å². The lowest BCUT2D eigenvalue weighted by Gasteiger charge is -2.22. The van der Waals surface area contributed by atoms with Crippen LogP contribution in [0.1, 0.15) is 50.5 Å². The number of fused-ring (bicyclic) bond motifs is 1. The van der Waals surface area contributed by atoms with Crippen molar-refractivity contribution < 1.29 is 9.53 Å². The van der Waals surface area contributed by atoms with Crippen LogP contribution in [0.15, 0.2) is 48.5 Å². The zero-order valence-corrected chi connectivity index (χ0v) is 16.5. The number of carbonyl (C=O) groups is 1. The van der Waals surface area contributed by atoms with Crippen LogP contribution in [-0.2, 0) is 4.79 Å². The predicted molar refractivity (Wildman–Crippen MR) is 114 cm³/mol. The highest BCUT2D eigenvalue weighted by atomic mass is 16.5. The smallest absolute Gasteiger partial charge is 0.221 e. The Morgan fingerprint density at radius 3 is 2.46 bits per heavy atom. The zero-order chi connectivity index (χ0) is 19.5. The fourth-order valence-electron chi connectivity index (χ4n) is 4.15. The molecular formula is C24H26N2O2. The van der Waals surface area contributed by atoms with Gasteiger partial charge in [0, 0.05) is 29.6 Å². The van der Waals surface area contributed by atoms with Gasteiger partial charge in [0.05, 0.1) is 18.3 Å². The molecule has 4 rings (SSSR count). The van der Waals surface area contributed by atoms with Crippen LogP contribution in [0.3, 0.4) is 0 Å². The lowest BCUT2D eigenvalue weighted by atomic mass is 9.84. The molecule has 1 fully saturated rings. The first-order valence-electron chi connectivity index (χ1n) is 10.0. The van der Waals surface area contributed by atoms with Gasteiger partial charge in [0.1, 0.15) is 5.75 Å². The lowest BCUT2D eigenvalue weighted by molar-refractivity contribution is -0.114. The number of carbonyl (C=O) groups excluding carboxylic acids is 1. The van der Waals surface area contributed by atoms with Crippen molar-refractivity contribution in [2.24, 2.45) is 0 Å². The second-order valence-corrected chi connectivity index (χ2v) is 7.58. The van der Waals surface area contributed by atoms with Crippen molar-refractivity contribution in [3.05, 3.63) is 54.1 Å². The maximum Gasteiger partial charge on any atom is 0.221 e. The van der Waals surface area contributed by atoms with E-state index in [4.69, 9.17) is 9.72 Å². The van der Waals surface area contributed by atoms with Gasteiger partial charge >= 0.3 is 0 Å². The van der Waals surface area contributed by atoms with Gasteiger partial charge in [-0.1, -0.05) is 43.5 Å². The van der Waals surface area contributed by atoms with Crippen molar-refractivity contribution >= 4 is 22.5 Å². The van der Waals surface area contributed by atoms with Gasteiger partial charge in [0.15, 0.2) is 0 Å². The number of nitrogens with one attached hydrogen (secondary N) is 1. The van der Waals surface area contributed by atoms with Crippen molar-refractivity contribution in [2.45, 2.75) is 44.9 Å². The summed E-state index contributed by atoms with van der Waals surface area (Å²) in [5.41, 5.74) is 5.01. The molecule has 0 aliphatic heterocycles. The Labute approximate surface area is 165 Å². The minimum atomic E-state index is -0.0963. The van der Waals surface area contributed by atoms with Crippen molar-refractivity contribution in [3.63, 3.8) is 0 Å². The summed E-state index contributed by atoms with van der Waals surface area (Å²) in [7, 11) is 1.66. The molecule has 1 aliphatic rings. The van der Waals surface area contributed by atoms with Gasteiger partial charge in [-0.3, -0.25) is 4.79 Å². The largest absolute Gasteiger partial charge is 0.496 e. The van der Waals surface area contributed by atoms with Crippen LogP contribution < -0.4 is 10.1 Å². The summed E-state index contributed by atoms with van der Waals surface area (Å²) in [5.74, 6) is 1.36. The number of hydrogen-bond donors (Lipinski definition) is 1. The second-order valence-electron chi connectivity index (χ2n) is 7.58. The number of benzene rings is 2. The van der Waals surface area contributed by atoms with E-state index in [9.17, 15) is 4.79 Å². The Balaban J connectivity index is 1.67. The number of ether oxygens (including phenoxy) is 1. The van der Waals surface area contributed by atoms with E-state index < -0.39 is 0 Å². The van der Waals surface area contributed by atoms with Crippen LogP contribution in [-0.4, -0.2) is 18.0 Å². The van der Waals surface area contributed by atoms with Gasteiger partial charge < -0.3 is 10.1 Å². The number of methoxy groups -OCH3 is 1. The summed E-state index contributed by atoms with van der Waals surface area (Å²) >= 11 is 0. The topological polar surface area (TPSA) is 51.2 Å². The van der Waals surface area contributed by atoms with Crippen LogP contribution in [0.4, 0.5) is 5.69 Å². The molecule has 0 radical (unpaired) electrons. The Kier molecular flexibility index (Phi) is 5.29. The molecule has 1 aromatic heterocycles. The molecule has 0 unspecified atom stereocenters. The minimum Gasteiger partial charge on any atom is -0.496 e. The van der Waals surface area contributed by atoms with Gasteiger partial charge in [0.25, 0.3) is 0 Å². The Morgan fingerprint density at radius 1 is 1.04 bits per heavy atom. The van der Waals surface area contributed by atoms with Crippen LogP contribution in [0, 0.1) is 0 Å². The van der Waals surface area contributed by atoms with Gasteiger partial charge in [-0.25, -0.2) is 4.98 Å². The molecule has 0 bridgehead atoms. The van der Waals surface area contributed by atoms with Crippen molar-refractivity contribution in [2.75, 3.05) is 12.4 Å². The van der Waals surface area contributed by atoms with E-state index in [-0.39, 0.29) is 5.91 Å². The number of anilines is 1.